The fourth-order valence-electron chi connectivity index (χ4n) is 3.82. The fourth-order valence-corrected chi connectivity index (χ4v) is 3.82. The maximum atomic E-state index is 5.99. The summed E-state index contributed by atoms with van der Waals surface area (Å²) in [5.41, 5.74) is 7.23. The Kier molecular flexibility index (Phi) is 5.24. The first-order valence-corrected chi connectivity index (χ1v) is 9.70. The minimum absolute atomic E-state index is 0.367. The van der Waals surface area contributed by atoms with Gasteiger partial charge in [0.2, 0.25) is 5.95 Å². The van der Waals surface area contributed by atoms with Crippen molar-refractivity contribution in [3.8, 4) is 0 Å². The normalized spacial score (nSPS) is 18.2. The lowest BCUT2D eigenvalue weighted by atomic mass is 10.2. The van der Waals surface area contributed by atoms with E-state index in [1.54, 1.807) is 0 Å². The number of anilines is 3. The van der Waals surface area contributed by atoms with Crippen LogP contribution in [0.25, 0.3) is 0 Å². The summed E-state index contributed by atoms with van der Waals surface area (Å²) in [5, 5.41) is 4.36. The first kappa shape index (κ1) is 17.8. The van der Waals surface area contributed by atoms with Crippen molar-refractivity contribution < 1.29 is 0 Å². The van der Waals surface area contributed by atoms with E-state index in [-0.39, 0.29) is 0 Å². The number of allylic oxidation sites excluding steroid dienone is 1. The number of nitrogens with zero attached hydrogens (tertiary/aromatic N) is 7. The minimum atomic E-state index is 0.367. The third-order valence-corrected chi connectivity index (χ3v) is 5.25. The highest BCUT2D eigenvalue weighted by Crippen LogP contribution is 2.24. The van der Waals surface area contributed by atoms with E-state index in [0.717, 1.165) is 64.0 Å². The zero-order valence-electron chi connectivity index (χ0n) is 15.8. The van der Waals surface area contributed by atoms with Crippen molar-refractivity contribution in [1.29, 1.82) is 0 Å². The molecule has 0 radical (unpaired) electrons. The Morgan fingerprint density at radius 3 is 2.33 bits per heavy atom. The molecule has 0 amide bonds. The average Bonchev–Trinajstić information content (AvgIpc) is 3.34. The zero-order valence-corrected chi connectivity index (χ0v) is 15.8. The number of rotatable bonds is 6. The predicted molar refractivity (Wildman–Crippen MR) is 108 cm³/mol. The zero-order chi connectivity index (χ0) is 18.6. The number of hydrogen-bond acceptors (Lipinski definition) is 7. The maximum absolute atomic E-state index is 5.99. The highest BCUT2D eigenvalue weighted by molar-refractivity contribution is 5.54. The predicted octanol–water partition coefficient (Wildman–Crippen LogP) is 1.36. The topological polar surface area (TPSA) is 79.3 Å². The molecule has 2 aromatic rings. The van der Waals surface area contributed by atoms with Gasteiger partial charge >= 0.3 is 0 Å². The molecule has 8 heteroatoms. The van der Waals surface area contributed by atoms with Gasteiger partial charge in [-0.3, -0.25) is 9.58 Å². The largest absolute Gasteiger partial charge is 0.368 e. The van der Waals surface area contributed by atoms with Crippen LogP contribution in [-0.4, -0.2) is 63.9 Å². The molecular formula is C19H28N8. The van der Waals surface area contributed by atoms with Crippen LogP contribution in [-0.2, 0) is 13.1 Å². The number of aromatic nitrogens is 4. The van der Waals surface area contributed by atoms with Gasteiger partial charge in [0.25, 0.3) is 0 Å². The van der Waals surface area contributed by atoms with Crippen LogP contribution in [0.2, 0.25) is 0 Å². The van der Waals surface area contributed by atoms with Gasteiger partial charge in [-0.1, -0.05) is 6.08 Å². The molecule has 2 aromatic heterocycles. The van der Waals surface area contributed by atoms with Crippen LogP contribution in [0.5, 0.6) is 0 Å². The maximum Gasteiger partial charge on any atom is 0.223 e. The number of nitrogen functional groups attached to an aromatic ring is 1. The van der Waals surface area contributed by atoms with Crippen LogP contribution in [0.15, 0.2) is 31.1 Å². The van der Waals surface area contributed by atoms with Gasteiger partial charge in [0.15, 0.2) is 0 Å². The quantitative estimate of drug-likeness (QED) is 0.771. The van der Waals surface area contributed by atoms with Gasteiger partial charge in [0.05, 0.1) is 12.7 Å². The smallest absolute Gasteiger partial charge is 0.223 e. The van der Waals surface area contributed by atoms with E-state index in [2.05, 4.69) is 48.6 Å². The third-order valence-electron chi connectivity index (χ3n) is 5.25. The monoisotopic (exact) mass is 368 g/mol. The van der Waals surface area contributed by atoms with Crippen molar-refractivity contribution in [2.24, 2.45) is 0 Å². The van der Waals surface area contributed by atoms with Crippen LogP contribution in [0, 0.1) is 0 Å². The summed E-state index contributed by atoms with van der Waals surface area (Å²) >= 11 is 0. The highest BCUT2D eigenvalue weighted by atomic mass is 15.3. The average molecular weight is 368 g/mol. The summed E-state index contributed by atoms with van der Waals surface area (Å²) in [6.07, 6.45) is 8.35. The summed E-state index contributed by atoms with van der Waals surface area (Å²) < 4.78 is 1.92. The van der Waals surface area contributed by atoms with Gasteiger partial charge in [0.1, 0.15) is 11.6 Å². The molecule has 2 fully saturated rings. The second-order valence-corrected chi connectivity index (χ2v) is 7.26. The fraction of sp³-hybridized carbons (Fsp3) is 0.526. The molecule has 2 aliphatic heterocycles. The SMILES string of the molecule is C=CCn1cc(CN2CCN(c3cc(N4CCCC4)nc(N)n3)CC2)cn1. The van der Waals surface area contributed by atoms with Crippen LogP contribution >= 0.6 is 0 Å². The molecule has 0 unspecified atom stereocenters. The van der Waals surface area contributed by atoms with E-state index >= 15 is 0 Å². The van der Waals surface area contributed by atoms with E-state index < -0.39 is 0 Å². The van der Waals surface area contributed by atoms with Crippen molar-refractivity contribution in [3.63, 3.8) is 0 Å². The lowest BCUT2D eigenvalue weighted by Crippen LogP contribution is -2.46. The summed E-state index contributed by atoms with van der Waals surface area (Å²) in [5.74, 6) is 2.28. The summed E-state index contributed by atoms with van der Waals surface area (Å²) in [6.45, 7) is 11.4. The number of hydrogen-bond donors (Lipinski definition) is 1. The van der Waals surface area contributed by atoms with Gasteiger partial charge < -0.3 is 15.5 Å². The van der Waals surface area contributed by atoms with Crippen LogP contribution in [0.3, 0.4) is 0 Å². The first-order valence-electron chi connectivity index (χ1n) is 9.70. The molecule has 2 aliphatic rings. The Hall–Kier alpha value is -2.61. The number of piperazine rings is 1. The Balaban J connectivity index is 1.36. The van der Waals surface area contributed by atoms with Gasteiger partial charge in [-0.2, -0.15) is 15.1 Å². The van der Waals surface area contributed by atoms with E-state index in [1.165, 1.54) is 18.4 Å². The second kappa shape index (κ2) is 7.96. The molecule has 4 rings (SSSR count). The molecule has 0 bridgehead atoms. The van der Waals surface area contributed by atoms with Gasteiger partial charge in [-0.05, 0) is 12.8 Å². The molecule has 0 aromatic carbocycles. The third kappa shape index (κ3) is 4.21. The second-order valence-electron chi connectivity index (χ2n) is 7.26. The molecule has 0 aliphatic carbocycles. The summed E-state index contributed by atoms with van der Waals surface area (Å²) in [6, 6.07) is 2.09. The molecular weight excluding hydrogens is 340 g/mol. The van der Waals surface area contributed by atoms with Gasteiger partial charge in [0, 0.05) is 63.6 Å². The van der Waals surface area contributed by atoms with Crippen LogP contribution in [0.1, 0.15) is 18.4 Å². The lowest BCUT2D eigenvalue weighted by molar-refractivity contribution is 0.249. The van der Waals surface area contributed by atoms with Crippen LogP contribution in [0.4, 0.5) is 17.6 Å². The molecule has 4 heterocycles. The molecule has 27 heavy (non-hydrogen) atoms. The standard InChI is InChI=1S/C19H28N8/c1-2-5-27-15-16(13-21-27)14-24-8-10-26(11-9-24)18-12-17(22-19(20)23-18)25-6-3-4-7-25/h2,12-13,15H,1,3-11,14H2,(H2,20,22,23). The Morgan fingerprint density at radius 1 is 1.00 bits per heavy atom. The van der Waals surface area contributed by atoms with E-state index in [4.69, 9.17) is 5.73 Å². The molecule has 8 nitrogen and oxygen atoms in total. The van der Waals surface area contributed by atoms with Crippen molar-refractivity contribution in [2.45, 2.75) is 25.9 Å². The first-order chi connectivity index (χ1) is 13.2. The minimum Gasteiger partial charge on any atom is -0.368 e. The molecule has 2 N–H and O–H groups in total. The Labute approximate surface area is 160 Å². The Morgan fingerprint density at radius 2 is 1.67 bits per heavy atom. The van der Waals surface area contributed by atoms with Crippen LogP contribution < -0.4 is 15.5 Å². The van der Waals surface area contributed by atoms with Crippen molar-refractivity contribution in [2.75, 3.05) is 54.8 Å². The molecule has 0 saturated carbocycles. The van der Waals surface area contributed by atoms with E-state index in [0.29, 0.717) is 5.95 Å². The van der Waals surface area contributed by atoms with Crippen molar-refractivity contribution in [3.05, 3.63) is 36.7 Å². The Bertz CT molecular complexity index is 772. The van der Waals surface area contributed by atoms with E-state index in [9.17, 15) is 0 Å². The molecule has 144 valence electrons. The molecule has 0 atom stereocenters. The molecule has 2 saturated heterocycles. The molecule has 0 spiro atoms. The van der Waals surface area contributed by atoms with Crippen molar-refractivity contribution >= 4 is 17.6 Å². The summed E-state index contributed by atoms with van der Waals surface area (Å²) in [4.78, 5) is 16.0. The van der Waals surface area contributed by atoms with Gasteiger partial charge in [-0.25, -0.2) is 0 Å². The van der Waals surface area contributed by atoms with Gasteiger partial charge in [-0.15, -0.1) is 6.58 Å². The highest BCUT2D eigenvalue weighted by Gasteiger charge is 2.21. The summed E-state index contributed by atoms with van der Waals surface area (Å²) in [7, 11) is 0. The number of nitrogens with two attached hydrogens (primary N) is 1. The lowest BCUT2D eigenvalue weighted by Gasteiger charge is -2.35. The van der Waals surface area contributed by atoms with E-state index in [1.807, 2.05) is 17.0 Å². The van der Waals surface area contributed by atoms with Crippen molar-refractivity contribution in [1.82, 2.24) is 24.6 Å².